The van der Waals surface area contributed by atoms with Gasteiger partial charge in [0.1, 0.15) is 17.6 Å². The van der Waals surface area contributed by atoms with Crippen LogP contribution in [0, 0.1) is 0 Å². The number of hydrogen-bond acceptors (Lipinski definition) is 1. The highest BCUT2D eigenvalue weighted by Crippen LogP contribution is 2.32. The van der Waals surface area contributed by atoms with Crippen LogP contribution in [0.1, 0.15) is 5.69 Å². The van der Waals surface area contributed by atoms with E-state index in [1.165, 1.54) is 5.39 Å². The van der Waals surface area contributed by atoms with E-state index in [1.807, 2.05) is 66.9 Å². The van der Waals surface area contributed by atoms with Crippen LogP contribution in [0.4, 0.5) is 10.5 Å². The van der Waals surface area contributed by atoms with Crippen molar-refractivity contribution in [3.05, 3.63) is 90.6 Å². The number of para-hydroxylation sites is 1. The van der Waals surface area contributed by atoms with Gasteiger partial charge in [-0.2, -0.15) is 13.9 Å². The summed E-state index contributed by atoms with van der Waals surface area (Å²) >= 11 is 0. The number of amides is 1. The molecule has 118 valence electrons. The Bertz CT molecular complexity index is 1150. The molecule has 0 N–H and O–H groups in total. The first-order valence-electron chi connectivity index (χ1n) is 8.26. The first-order chi connectivity index (χ1) is 12.3. The van der Waals surface area contributed by atoms with E-state index in [0.717, 1.165) is 28.0 Å². The Kier molecular flexibility index (Phi) is 2.94. The maximum absolute atomic E-state index is 13.0. The molecule has 3 heteroatoms. The third kappa shape index (κ3) is 2.06. The van der Waals surface area contributed by atoms with Crippen molar-refractivity contribution in [3.63, 3.8) is 0 Å². The molecule has 0 aliphatic carbocycles. The average Bonchev–Trinajstić information content (AvgIpc) is 3.22. The Morgan fingerprint density at radius 2 is 1.48 bits per heavy atom. The summed E-state index contributed by atoms with van der Waals surface area (Å²) in [4.78, 5) is 13.0. The number of fused-ring (bicyclic) bond motifs is 2. The lowest BCUT2D eigenvalue weighted by atomic mass is 10.0. The van der Waals surface area contributed by atoms with Crippen molar-refractivity contribution < 1.29 is 9.37 Å². The average molecular weight is 323 g/mol. The number of carbonyl (C=O) groups excluding carboxylic acids is 1. The van der Waals surface area contributed by atoms with Crippen molar-refractivity contribution in [3.8, 4) is 11.3 Å². The molecule has 0 saturated carbocycles. The number of aromatic nitrogens is 1. The van der Waals surface area contributed by atoms with E-state index in [-0.39, 0.29) is 6.03 Å². The number of hydrogen-bond donors (Lipinski definition) is 0. The van der Waals surface area contributed by atoms with Gasteiger partial charge in [0, 0.05) is 5.56 Å². The van der Waals surface area contributed by atoms with Crippen molar-refractivity contribution in [2.24, 2.45) is 0 Å². The minimum atomic E-state index is -0.0471. The second-order valence-corrected chi connectivity index (χ2v) is 6.12. The van der Waals surface area contributed by atoms with Crippen molar-refractivity contribution >= 4 is 28.7 Å². The fourth-order valence-corrected chi connectivity index (χ4v) is 3.49. The van der Waals surface area contributed by atoms with E-state index >= 15 is 0 Å². The van der Waals surface area contributed by atoms with Gasteiger partial charge in [0.05, 0.1) is 0 Å². The lowest BCUT2D eigenvalue weighted by Crippen LogP contribution is -2.17. The van der Waals surface area contributed by atoms with Crippen LogP contribution in [-0.2, 0) is 0 Å². The van der Waals surface area contributed by atoms with Crippen LogP contribution >= 0.6 is 0 Å². The highest BCUT2D eigenvalue weighted by Gasteiger charge is 2.34. The molecule has 1 aromatic heterocycles. The maximum Gasteiger partial charge on any atom is 0.509 e. The number of benzene rings is 3. The smallest absolute Gasteiger partial charge is 0.196 e. The highest BCUT2D eigenvalue weighted by atomic mass is 16.2. The van der Waals surface area contributed by atoms with Gasteiger partial charge in [0.15, 0.2) is 5.69 Å². The molecule has 5 rings (SSSR count). The first kappa shape index (κ1) is 13.9. The third-order valence-corrected chi connectivity index (χ3v) is 4.67. The summed E-state index contributed by atoms with van der Waals surface area (Å²) in [7, 11) is 0. The van der Waals surface area contributed by atoms with Crippen LogP contribution in [0.15, 0.2) is 84.9 Å². The summed E-state index contributed by atoms with van der Waals surface area (Å²) in [5.74, 6) is 0. The van der Waals surface area contributed by atoms with E-state index < -0.39 is 0 Å². The first-order valence-corrected chi connectivity index (χ1v) is 8.26. The van der Waals surface area contributed by atoms with E-state index in [4.69, 9.17) is 0 Å². The summed E-state index contributed by atoms with van der Waals surface area (Å²) in [6.07, 6.45) is 1.90. The molecule has 0 saturated heterocycles. The third-order valence-electron chi connectivity index (χ3n) is 4.67. The van der Waals surface area contributed by atoms with Gasteiger partial charge in [-0.15, -0.1) is 0 Å². The predicted octanol–water partition coefficient (Wildman–Crippen LogP) is 5.05. The van der Waals surface area contributed by atoms with Crippen molar-refractivity contribution in [2.45, 2.75) is 0 Å². The Morgan fingerprint density at radius 3 is 2.36 bits per heavy atom. The largest absolute Gasteiger partial charge is 0.509 e. The summed E-state index contributed by atoms with van der Waals surface area (Å²) in [5, 5.41) is 2.32. The lowest BCUT2D eigenvalue weighted by Gasteiger charge is -2.05. The second-order valence-electron chi connectivity index (χ2n) is 6.12. The zero-order valence-corrected chi connectivity index (χ0v) is 13.5. The van der Waals surface area contributed by atoms with Gasteiger partial charge < -0.3 is 0 Å². The molecule has 1 aliphatic rings. The van der Waals surface area contributed by atoms with Crippen LogP contribution in [-0.4, -0.2) is 21.4 Å². The van der Waals surface area contributed by atoms with E-state index in [1.54, 1.807) is 9.14 Å². The van der Waals surface area contributed by atoms with Crippen molar-refractivity contribution in [1.29, 1.82) is 0 Å². The normalized spacial score (nSPS) is 13.1. The molecule has 2 heterocycles. The predicted molar refractivity (Wildman–Crippen MR) is 99.7 cm³/mol. The molecular formula is C22H15N2O+. The SMILES string of the molecule is O=C1n2c(ccc2-c2cccc3ccccc23)C=[N+]1c1ccccc1. The van der Waals surface area contributed by atoms with Gasteiger partial charge >= 0.3 is 6.03 Å². The summed E-state index contributed by atoms with van der Waals surface area (Å²) < 4.78 is 3.48. The van der Waals surface area contributed by atoms with Crippen LogP contribution < -0.4 is 0 Å². The van der Waals surface area contributed by atoms with E-state index in [2.05, 4.69) is 24.3 Å². The number of rotatable bonds is 2. The van der Waals surface area contributed by atoms with Gasteiger partial charge in [-0.1, -0.05) is 60.7 Å². The molecule has 0 atom stereocenters. The van der Waals surface area contributed by atoms with Crippen LogP contribution in [0.5, 0.6) is 0 Å². The molecule has 4 aromatic rings. The molecule has 0 radical (unpaired) electrons. The topological polar surface area (TPSA) is 25.0 Å². The van der Waals surface area contributed by atoms with Crippen LogP contribution in [0.25, 0.3) is 22.0 Å². The zero-order valence-electron chi connectivity index (χ0n) is 13.5. The molecule has 0 bridgehead atoms. The molecule has 3 nitrogen and oxygen atoms in total. The Labute approximate surface area is 145 Å². The standard InChI is InChI=1S/C22H15N2O/c25-22-23(17-9-2-1-3-10-17)15-18-13-14-21(24(18)22)20-12-6-8-16-7-4-5-11-19(16)20/h1-15H/q+1. The summed E-state index contributed by atoms with van der Waals surface area (Å²) in [6.45, 7) is 0. The molecule has 0 spiro atoms. The maximum atomic E-state index is 13.0. The number of nitrogens with zero attached hydrogens (tertiary/aromatic N) is 2. The van der Waals surface area contributed by atoms with Gasteiger partial charge in [0.25, 0.3) is 0 Å². The second kappa shape index (κ2) is 5.28. The van der Waals surface area contributed by atoms with E-state index in [9.17, 15) is 4.79 Å². The van der Waals surface area contributed by atoms with Gasteiger partial charge in [-0.05, 0) is 35.0 Å². The Balaban J connectivity index is 1.68. The fourth-order valence-electron chi connectivity index (χ4n) is 3.49. The van der Waals surface area contributed by atoms with Crippen LogP contribution in [0.3, 0.4) is 0 Å². The molecular weight excluding hydrogens is 308 g/mol. The molecule has 1 amide bonds. The summed E-state index contributed by atoms with van der Waals surface area (Å²) in [6, 6.07) is 28.2. The number of carbonyl (C=O) groups is 1. The van der Waals surface area contributed by atoms with Gasteiger partial charge in [-0.25, -0.2) is 0 Å². The molecule has 1 aliphatic heterocycles. The zero-order chi connectivity index (χ0) is 16.8. The monoisotopic (exact) mass is 323 g/mol. The highest BCUT2D eigenvalue weighted by molar-refractivity contribution is 6.01. The van der Waals surface area contributed by atoms with Crippen molar-refractivity contribution in [2.75, 3.05) is 0 Å². The lowest BCUT2D eigenvalue weighted by molar-refractivity contribution is -0.321. The van der Waals surface area contributed by atoms with Gasteiger partial charge in [0.2, 0.25) is 0 Å². The Morgan fingerprint density at radius 1 is 0.720 bits per heavy atom. The molecule has 0 unspecified atom stereocenters. The van der Waals surface area contributed by atoms with Crippen LogP contribution in [0.2, 0.25) is 0 Å². The Hall–Kier alpha value is -3.46. The fraction of sp³-hybridized carbons (Fsp3) is 0. The minimum absolute atomic E-state index is 0.0471. The molecule has 25 heavy (non-hydrogen) atoms. The molecule has 0 fully saturated rings. The van der Waals surface area contributed by atoms with Crippen molar-refractivity contribution in [1.82, 2.24) is 4.57 Å². The molecule has 3 aromatic carbocycles. The minimum Gasteiger partial charge on any atom is -0.196 e. The van der Waals surface area contributed by atoms with E-state index in [0.29, 0.717) is 0 Å². The summed E-state index contributed by atoms with van der Waals surface area (Å²) in [5.41, 5.74) is 3.77. The quantitative estimate of drug-likeness (QED) is 0.474. The van der Waals surface area contributed by atoms with Gasteiger partial charge in [-0.3, -0.25) is 0 Å².